The molecular formula is C20H25NO9. The van der Waals surface area contributed by atoms with E-state index < -0.39 is 54.7 Å². The standard InChI is InChI=1S/C20H25NO9/c1-11-7-6-8-16(9-11)21-20(26)19(30-15(5)25)18(29-14(4)24)17(28-13(3)23)10-27-12(2)22/h6-9,17-19H,10H2,1-5H3,(H,21,26)/t17-,18+,19-/m0/s1. The van der Waals surface area contributed by atoms with Crippen molar-refractivity contribution in [1.29, 1.82) is 0 Å². The van der Waals surface area contributed by atoms with Gasteiger partial charge in [0.1, 0.15) is 6.61 Å². The minimum Gasteiger partial charge on any atom is -0.462 e. The van der Waals surface area contributed by atoms with Gasteiger partial charge in [0.05, 0.1) is 0 Å². The molecule has 1 aromatic carbocycles. The number of esters is 4. The molecular weight excluding hydrogens is 398 g/mol. The molecule has 3 atom stereocenters. The third kappa shape index (κ3) is 8.72. The van der Waals surface area contributed by atoms with Crippen molar-refractivity contribution < 1.29 is 42.9 Å². The van der Waals surface area contributed by atoms with Crippen LogP contribution >= 0.6 is 0 Å². The van der Waals surface area contributed by atoms with Crippen LogP contribution in [0.3, 0.4) is 0 Å². The maximum Gasteiger partial charge on any atom is 0.303 e. The summed E-state index contributed by atoms with van der Waals surface area (Å²) in [7, 11) is 0. The molecule has 30 heavy (non-hydrogen) atoms. The number of hydrogen-bond acceptors (Lipinski definition) is 9. The van der Waals surface area contributed by atoms with Crippen LogP contribution in [0.1, 0.15) is 33.3 Å². The topological polar surface area (TPSA) is 134 Å². The smallest absolute Gasteiger partial charge is 0.303 e. The molecule has 10 heteroatoms. The highest BCUT2D eigenvalue weighted by molar-refractivity contribution is 5.96. The second-order valence-corrected chi connectivity index (χ2v) is 6.41. The number of nitrogens with one attached hydrogen (secondary N) is 1. The highest BCUT2D eigenvalue weighted by Gasteiger charge is 2.42. The van der Waals surface area contributed by atoms with Gasteiger partial charge < -0.3 is 24.3 Å². The summed E-state index contributed by atoms with van der Waals surface area (Å²) in [4.78, 5) is 58.9. The van der Waals surface area contributed by atoms with Crippen molar-refractivity contribution in [2.24, 2.45) is 0 Å². The number of benzene rings is 1. The van der Waals surface area contributed by atoms with Gasteiger partial charge in [-0.05, 0) is 24.6 Å². The molecule has 1 aromatic rings. The molecule has 0 aliphatic carbocycles. The van der Waals surface area contributed by atoms with Gasteiger partial charge in [0.2, 0.25) is 6.10 Å². The van der Waals surface area contributed by atoms with E-state index in [-0.39, 0.29) is 0 Å². The number of carbonyl (C=O) groups excluding carboxylic acids is 5. The number of amides is 1. The number of anilines is 1. The van der Waals surface area contributed by atoms with Gasteiger partial charge in [0.25, 0.3) is 5.91 Å². The third-order valence-electron chi connectivity index (χ3n) is 3.57. The number of ether oxygens (including phenoxy) is 4. The molecule has 0 aromatic heterocycles. The minimum atomic E-state index is -1.69. The molecule has 10 nitrogen and oxygen atoms in total. The Labute approximate surface area is 173 Å². The van der Waals surface area contributed by atoms with Crippen molar-refractivity contribution in [3.05, 3.63) is 29.8 Å². The van der Waals surface area contributed by atoms with E-state index in [0.29, 0.717) is 5.69 Å². The molecule has 0 spiro atoms. The van der Waals surface area contributed by atoms with Crippen LogP contribution in [-0.2, 0) is 42.9 Å². The lowest BCUT2D eigenvalue weighted by Gasteiger charge is -2.30. The zero-order valence-electron chi connectivity index (χ0n) is 17.4. The molecule has 0 saturated carbocycles. The molecule has 0 heterocycles. The van der Waals surface area contributed by atoms with Crippen LogP contribution in [0.15, 0.2) is 24.3 Å². The van der Waals surface area contributed by atoms with Gasteiger partial charge >= 0.3 is 23.9 Å². The second kappa shape index (κ2) is 11.5. The van der Waals surface area contributed by atoms with Crippen LogP contribution in [0.25, 0.3) is 0 Å². The Morgan fingerprint density at radius 1 is 0.867 bits per heavy atom. The summed E-state index contributed by atoms with van der Waals surface area (Å²) in [5.41, 5.74) is 1.27. The van der Waals surface area contributed by atoms with Crippen LogP contribution < -0.4 is 5.32 Å². The molecule has 1 amide bonds. The Balaban J connectivity index is 3.27. The molecule has 0 radical (unpaired) electrons. The van der Waals surface area contributed by atoms with Gasteiger partial charge in [-0.3, -0.25) is 24.0 Å². The van der Waals surface area contributed by atoms with E-state index in [4.69, 9.17) is 18.9 Å². The summed E-state index contributed by atoms with van der Waals surface area (Å²) in [5, 5.41) is 2.56. The summed E-state index contributed by atoms with van der Waals surface area (Å²) in [6.45, 7) is 5.62. The Kier molecular flexibility index (Phi) is 9.47. The van der Waals surface area contributed by atoms with E-state index >= 15 is 0 Å². The quantitative estimate of drug-likeness (QED) is 0.460. The lowest BCUT2D eigenvalue weighted by Crippen LogP contribution is -2.52. The molecule has 0 aliphatic heterocycles. The highest BCUT2D eigenvalue weighted by atomic mass is 16.6. The average Bonchev–Trinajstić information content (AvgIpc) is 2.60. The molecule has 0 bridgehead atoms. The highest BCUT2D eigenvalue weighted by Crippen LogP contribution is 2.18. The lowest BCUT2D eigenvalue weighted by atomic mass is 10.1. The molecule has 0 aliphatic rings. The largest absolute Gasteiger partial charge is 0.462 e. The molecule has 1 N–H and O–H groups in total. The summed E-state index contributed by atoms with van der Waals surface area (Å²) in [6, 6.07) is 6.80. The molecule has 1 rings (SSSR count). The third-order valence-corrected chi connectivity index (χ3v) is 3.57. The Bertz CT molecular complexity index is 805. The SMILES string of the molecule is CC(=O)OC[C@H](OC(C)=O)[C@@H](OC(C)=O)[C@H](OC(C)=O)C(=O)Nc1cccc(C)c1. The van der Waals surface area contributed by atoms with Crippen LogP contribution in [0, 0.1) is 6.92 Å². The van der Waals surface area contributed by atoms with Crippen LogP contribution in [0.2, 0.25) is 0 Å². The van der Waals surface area contributed by atoms with Crippen LogP contribution in [0.4, 0.5) is 5.69 Å². The van der Waals surface area contributed by atoms with E-state index in [1.807, 2.05) is 13.0 Å². The molecule has 0 unspecified atom stereocenters. The molecule has 164 valence electrons. The second-order valence-electron chi connectivity index (χ2n) is 6.41. The van der Waals surface area contributed by atoms with Gasteiger partial charge in [0, 0.05) is 33.4 Å². The van der Waals surface area contributed by atoms with Crippen molar-refractivity contribution >= 4 is 35.5 Å². The predicted molar refractivity (Wildman–Crippen MR) is 103 cm³/mol. The van der Waals surface area contributed by atoms with E-state index in [0.717, 1.165) is 33.3 Å². The zero-order chi connectivity index (χ0) is 22.8. The summed E-state index contributed by atoms with van der Waals surface area (Å²) >= 11 is 0. The molecule has 0 saturated heterocycles. The number of carbonyl (C=O) groups is 5. The van der Waals surface area contributed by atoms with Gasteiger partial charge in [-0.25, -0.2) is 0 Å². The average molecular weight is 423 g/mol. The van der Waals surface area contributed by atoms with Gasteiger partial charge in [-0.15, -0.1) is 0 Å². The maximum atomic E-state index is 12.9. The summed E-state index contributed by atoms with van der Waals surface area (Å²) in [5.74, 6) is -3.99. The normalized spacial score (nSPS) is 13.2. The first-order valence-electron chi connectivity index (χ1n) is 9.02. The maximum absolute atomic E-state index is 12.9. The van der Waals surface area contributed by atoms with Gasteiger partial charge in [-0.1, -0.05) is 12.1 Å². The van der Waals surface area contributed by atoms with Crippen molar-refractivity contribution in [2.45, 2.75) is 52.9 Å². The van der Waals surface area contributed by atoms with E-state index in [1.54, 1.807) is 18.2 Å². The fraction of sp³-hybridized carbons (Fsp3) is 0.450. The first-order chi connectivity index (χ1) is 14.0. The van der Waals surface area contributed by atoms with Gasteiger partial charge in [-0.2, -0.15) is 0 Å². The first kappa shape index (κ1) is 24.6. The Hall–Kier alpha value is -3.43. The van der Waals surface area contributed by atoms with Crippen LogP contribution in [0.5, 0.6) is 0 Å². The lowest BCUT2D eigenvalue weighted by molar-refractivity contribution is -0.190. The number of hydrogen-bond donors (Lipinski definition) is 1. The Morgan fingerprint density at radius 3 is 1.97 bits per heavy atom. The number of rotatable bonds is 9. The van der Waals surface area contributed by atoms with Crippen molar-refractivity contribution in [1.82, 2.24) is 0 Å². The fourth-order valence-corrected chi connectivity index (χ4v) is 2.52. The van der Waals surface area contributed by atoms with Crippen molar-refractivity contribution in [2.75, 3.05) is 11.9 Å². The van der Waals surface area contributed by atoms with Crippen molar-refractivity contribution in [3.8, 4) is 0 Å². The summed E-state index contributed by atoms with van der Waals surface area (Å²) < 4.78 is 20.2. The number of aryl methyl sites for hydroxylation is 1. The van der Waals surface area contributed by atoms with Crippen LogP contribution in [-0.4, -0.2) is 54.7 Å². The minimum absolute atomic E-state index is 0.405. The van der Waals surface area contributed by atoms with E-state index in [9.17, 15) is 24.0 Å². The van der Waals surface area contributed by atoms with E-state index in [1.165, 1.54) is 0 Å². The molecule has 0 fully saturated rings. The summed E-state index contributed by atoms with van der Waals surface area (Å²) in [6.07, 6.45) is -4.66. The fourth-order valence-electron chi connectivity index (χ4n) is 2.52. The van der Waals surface area contributed by atoms with E-state index in [2.05, 4.69) is 5.32 Å². The first-order valence-corrected chi connectivity index (χ1v) is 9.02. The zero-order valence-corrected chi connectivity index (χ0v) is 17.4. The Morgan fingerprint density at radius 2 is 1.47 bits per heavy atom. The predicted octanol–water partition coefficient (Wildman–Crippen LogP) is 1.29. The van der Waals surface area contributed by atoms with Gasteiger partial charge in [0.15, 0.2) is 12.2 Å². The monoisotopic (exact) mass is 423 g/mol. The van der Waals surface area contributed by atoms with Crippen molar-refractivity contribution in [3.63, 3.8) is 0 Å².